The molecule has 9 heteroatoms. The quantitative estimate of drug-likeness (QED) is 0.150. The summed E-state index contributed by atoms with van der Waals surface area (Å²) in [6, 6.07) is 27.1. The van der Waals surface area contributed by atoms with Crippen molar-refractivity contribution in [3.63, 3.8) is 0 Å². The topological polar surface area (TPSA) is 97.9 Å². The van der Waals surface area contributed by atoms with Crippen molar-refractivity contribution in [2.45, 2.75) is 33.5 Å². The van der Waals surface area contributed by atoms with Gasteiger partial charge in [0.2, 0.25) is 5.91 Å². The number of carbonyl (C=O) groups excluding carboxylic acids is 2. The lowest BCUT2D eigenvalue weighted by molar-refractivity contribution is -0.384. The maximum absolute atomic E-state index is 13.9. The van der Waals surface area contributed by atoms with Gasteiger partial charge in [-0.05, 0) is 53.4 Å². The standard InChI is InChI=1S/C33H36N4O5/c1-25(2)20-36(33(39)28-14-16-29(17-15-28)37(40)41)24-32(38)35(21-26-9-5-4-6-10-26)23-30-12-8-18-34(30)22-27-11-7-13-31(19-27)42-3/h4-19,25H,20-24H2,1-3H3. The molecule has 4 rings (SSSR count). The molecule has 0 saturated heterocycles. The Kier molecular flexibility index (Phi) is 10.1. The van der Waals surface area contributed by atoms with Gasteiger partial charge in [-0.25, -0.2) is 0 Å². The molecule has 2 amide bonds. The van der Waals surface area contributed by atoms with E-state index in [0.717, 1.165) is 22.6 Å². The maximum atomic E-state index is 13.9. The SMILES string of the molecule is COc1cccc(Cn2cccc2CN(Cc2ccccc2)C(=O)CN(CC(C)C)C(=O)c2ccc([N+](=O)[O-])cc2)c1. The summed E-state index contributed by atoms with van der Waals surface area (Å²) in [5, 5.41) is 11.1. The Labute approximate surface area is 246 Å². The van der Waals surface area contributed by atoms with Crippen LogP contribution in [0.1, 0.15) is 41.0 Å². The molecule has 1 aromatic heterocycles. The first-order valence-corrected chi connectivity index (χ1v) is 13.9. The first kappa shape index (κ1) is 30.0. The Bertz CT molecular complexity index is 1500. The van der Waals surface area contributed by atoms with Crippen molar-refractivity contribution >= 4 is 17.5 Å². The fourth-order valence-corrected chi connectivity index (χ4v) is 4.78. The zero-order chi connectivity index (χ0) is 30.1. The van der Waals surface area contributed by atoms with Gasteiger partial charge in [-0.2, -0.15) is 0 Å². The van der Waals surface area contributed by atoms with E-state index in [4.69, 9.17) is 4.74 Å². The number of nitro groups is 1. The molecule has 0 atom stereocenters. The summed E-state index contributed by atoms with van der Waals surface area (Å²) >= 11 is 0. The number of carbonyl (C=O) groups is 2. The molecule has 42 heavy (non-hydrogen) atoms. The first-order valence-electron chi connectivity index (χ1n) is 13.9. The van der Waals surface area contributed by atoms with E-state index in [1.807, 2.05) is 86.8 Å². The summed E-state index contributed by atoms with van der Waals surface area (Å²) in [4.78, 5) is 41.3. The summed E-state index contributed by atoms with van der Waals surface area (Å²) in [7, 11) is 1.64. The third-order valence-electron chi connectivity index (χ3n) is 6.86. The molecular formula is C33H36N4O5. The van der Waals surface area contributed by atoms with Gasteiger partial charge in [0.1, 0.15) is 12.3 Å². The van der Waals surface area contributed by atoms with Gasteiger partial charge in [-0.1, -0.05) is 56.3 Å². The molecule has 4 aromatic rings. The average molecular weight is 569 g/mol. The van der Waals surface area contributed by atoms with Crippen LogP contribution in [0, 0.1) is 16.0 Å². The normalized spacial score (nSPS) is 10.9. The fraction of sp³-hybridized carbons (Fsp3) is 0.273. The molecule has 1 heterocycles. The van der Waals surface area contributed by atoms with Crippen LogP contribution in [0.15, 0.2) is 97.2 Å². The minimum Gasteiger partial charge on any atom is -0.497 e. The number of nitrogens with zero attached hydrogens (tertiary/aromatic N) is 4. The van der Waals surface area contributed by atoms with E-state index in [9.17, 15) is 19.7 Å². The molecule has 0 aliphatic rings. The predicted molar refractivity (Wildman–Crippen MR) is 161 cm³/mol. The van der Waals surface area contributed by atoms with Crippen molar-refractivity contribution in [3.8, 4) is 5.75 Å². The van der Waals surface area contributed by atoms with E-state index in [1.165, 1.54) is 29.2 Å². The highest BCUT2D eigenvalue weighted by atomic mass is 16.6. The number of nitro benzene ring substituents is 1. The summed E-state index contributed by atoms with van der Waals surface area (Å²) in [6.45, 7) is 5.56. The highest BCUT2D eigenvalue weighted by Gasteiger charge is 2.24. The van der Waals surface area contributed by atoms with Crippen molar-refractivity contribution in [2.24, 2.45) is 5.92 Å². The Balaban J connectivity index is 1.57. The van der Waals surface area contributed by atoms with E-state index >= 15 is 0 Å². The summed E-state index contributed by atoms with van der Waals surface area (Å²) in [6.07, 6.45) is 1.99. The van der Waals surface area contributed by atoms with Crippen LogP contribution >= 0.6 is 0 Å². The zero-order valence-corrected chi connectivity index (χ0v) is 24.2. The lowest BCUT2D eigenvalue weighted by Crippen LogP contribution is -2.44. The molecule has 9 nitrogen and oxygen atoms in total. The second-order valence-electron chi connectivity index (χ2n) is 10.6. The molecular weight excluding hydrogens is 532 g/mol. The minimum atomic E-state index is -0.505. The van der Waals surface area contributed by atoms with Gasteiger partial charge in [-0.3, -0.25) is 19.7 Å². The Hall–Kier alpha value is -4.92. The van der Waals surface area contributed by atoms with Crippen molar-refractivity contribution < 1.29 is 19.2 Å². The molecule has 3 aromatic carbocycles. The first-order chi connectivity index (χ1) is 20.2. The molecule has 0 aliphatic heterocycles. The Morgan fingerprint density at radius 2 is 1.60 bits per heavy atom. The number of aromatic nitrogens is 1. The number of methoxy groups -OCH3 is 1. The lowest BCUT2D eigenvalue weighted by Gasteiger charge is -2.29. The van der Waals surface area contributed by atoms with Crippen LogP contribution in [0.2, 0.25) is 0 Å². The van der Waals surface area contributed by atoms with Crippen molar-refractivity contribution in [1.82, 2.24) is 14.4 Å². The monoisotopic (exact) mass is 568 g/mol. The van der Waals surface area contributed by atoms with Crippen molar-refractivity contribution in [3.05, 3.63) is 130 Å². The summed E-state index contributed by atoms with van der Waals surface area (Å²) in [5.41, 5.74) is 3.22. The fourth-order valence-electron chi connectivity index (χ4n) is 4.78. The van der Waals surface area contributed by atoms with Crippen LogP contribution in [0.5, 0.6) is 5.75 Å². The zero-order valence-electron chi connectivity index (χ0n) is 24.2. The number of ether oxygens (including phenoxy) is 1. The highest BCUT2D eigenvalue weighted by Crippen LogP contribution is 2.19. The molecule has 218 valence electrons. The molecule has 0 bridgehead atoms. The minimum absolute atomic E-state index is 0.0935. The lowest BCUT2D eigenvalue weighted by atomic mass is 10.1. The average Bonchev–Trinajstić information content (AvgIpc) is 3.42. The van der Waals surface area contributed by atoms with Crippen LogP contribution < -0.4 is 4.74 Å². The number of hydrogen-bond donors (Lipinski definition) is 0. The molecule has 0 saturated carbocycles. The highest BCUT2D eigenvalue weighted by molar-refractivity contribution is 5.96. The summed E-state index contributed by atoms with van der Waals surface area (Å²) in [5.74, 6) is 0.365. The van der Waals surface area contributed by atoms with E-state index in [0.29, 0.717) is 31.7 Å². The number of amides is 2. The van der Waals surface area contributed by atoms with E-state index < -0.39 is 4.92 Å². The Morgan fingerprint density at radius 1 is 0.881 bits per heavy atom. The smallest absolute Gasteiger partial charge is 0.269 e. The third kappa shape index (κ3) is 8.06. The third-order valence-corrected chi connectivity index (χ3v) is 6.86. The van der Waals surface area contributed by atoms with E-state index in [2.05, 4.69) is 4.57 Å². The molecule has 0 fully saturated rings. The van der Waals surface area contributed by atoms with Crippen LogP contribution in [0.3, 0.4) is 0 Å². The molecule has 0 aliphatic carbocycles. The van der Waals surface area contributed by atoms with Crippen LogP contribution in [-0.2, 0) is 24.4 Å². The van der Waals surface area contributed by atoms with Crippen molar-refractivity contribution in [1.29, 1.82) is 0 Å². The van der Waals surface area contributed by atoms with E-state index in [1.54, 1.807) is 12.0 Å². The largest absolute Gasteiger partial charge is 0.497 e. The summed E-state index contributed by atoms with van der Waals surface area (Å²) < 4.78 is 7.48. The van der Waals surface area contributed by atoms with Gasteiger partial charge >= 0.3 is 0 Å². The number of non-ortho nitro benzene ring substituents is 1. The van der Waals surface area contributed by atoms with Gasteiger partial charge < -0.3 is 19.1 Å². The van der Waals surface area contributed by atoms with Crippen LogP contribution in [0.25, 0.3) is 0 Å². The van der Waals surface area contributed by atoms with Crippen LogP contribution in [0.4, 0.5) is 5.69 Å². The Morgan fingerprint density at radius 3 is 2.26 bits per heavy atom. The number of benzene rings is 3. The van der Waals surface area contributed by atoms with Gasteiger partial charge in [0.05, 0.1) is 18.6 Å². The number of rotatable bonds is 13. The second kappa shape index (κ2) is 14.1. The van der Waals surface area contributed by atoms with Crippen LogP contribution in [-0.4, -0.2) is 51.3 Å². The van der Waals surface area contributed by atoms with Gasteiger partial charge in [0.15, 0.2) is 0 Å². The van der Waals surface area contributed by atoms with Gasteiger partial charge in [0, 0.05) is 49.2 Å². The van der Waals surface area contributed by atoms with Crippen molar-refractivity contribution in [2.75, 3.05) is 20.2 Å². The molecule has 0 spiro atoms. The molecule has 0 unspecified atom stereocenters. The molecule has 0 N–H and O–H groups in total. The predicted octanol–water partition coefficient (Wildman–Crippen LogP) is 5.78. The van der Waals surface area contributed by atoms with E-state index in [-0.39, 0.29) is 30.0 Å². The number of hydrogen-bond acceptors (Lipinski definition) is 5. The molecule has 0 radical (unpaired) electrons. The van der Waals surface area contributed by atoms with Gasteiger partial charge in [-0.15, -0.1) is 0 Å². The van der Waals surface area contributed by atoms with Gasteiger partial charge in [0.25, 0.3) is 11.6 Å². The maximum Gasteiger partial charge on any atom is 0.269 e. The second-order valence-corrected chi connectivity index (χ2v) is 10.6.